The molecule has 4 nitrogen and oxygen atoms in total. The van der Waals surface area contributed by atoms with Gasteiger partial charge in [-0.3, -0.25) is 0 Å². The lowest BCUT2D eigenvalue weighted by molar-refractivity contribution is -0.137. The van der Waals surface area contributed by atoms with Gasteiger partial charge in [-0.05, 0) is 19.1 Å². The van der Waals surface area contributed by atoms with E-state index < -0.39 is 23.9 Å². The minimum atomic E-state index is -4.43. The smallest absolute Gasteiger partial charge is 0.393 e. The Hall–Kier alpha value is -1.34. The van der Waals surface area contributed by atoms with Gasteiger partial charge in [0, 0.05) is 12.7 Å². The SMILES string of the molecule is CC(O)(CO)CNc1cc(C(F)(F)F)ccn1. The minimum Gasteiger partial charge on any atom is -0.393 e. The molecule has 0 aliphatic heterocycles. The van der Waals surface area contributed by atoms with Crippen LogP contribution in [0.15, 0.2) is 18.3 Å². The topological polar surface area (TPSA) is 65.4 Å². The summed E-state index contributed by atoms with van der Waals surface area (Å²) in [7, 11) is 0. The van der Waals surface area contributed by atoms with Gasteiger partial charge in [-0.1, -0.05) is 0 Å². The van der Waals surface area contributed by atoms with E-state index in [2.05, 4.69) is 10.3 Å². The number of nitrogens with zero attached hydrogens (tertiary/aromatic N) is 1. The molecule has 0 aromatic carbocycles. The van der Waals surface area contributed by atoms with Crippen LogP contribution in [-0.2, 0) is 6.18 Å². The van der Waals surface area contributed by atoms with Crippen LogP contribution >= 0.6 is 0 Å². The van der Waals surface area contributed by atoms with Crippen molar-refractivity contribution in [1.82, 2.24) is 4.98 Å². The third kappa shape index (κ3) is 4.20. The average Bonchev–Trinajstić information content (AvgIpc) is 2.26. The Kier molecular flexibility index (Phi) is 3.94. The maximum absolute atomic E-state index is 12.4. The van der Waals surface area contributed by atoms with Gasteiger partial charge in [0.15, 0.2) is 0 Å². The molecule has 0 amide bonds. The highest BCUT2D eigenvalue weighted by Crippen LogP contribution is 2.29. The highest BCUT2D eigenvalue weighted by molar-refractivity contribution is 5.38. The van der Waals surface area contributed by atoms with Gasteiger partial charge >= 0.3 is 6.18 Å². The van der Waals surface area contributed by atoms with Crippen LogP contribution in [0.25, 0.3) is 0 Å². The molecular weight excluding hydrogens is 237 g/mol. The van der Waals surface area contributed by atoms with Crippen LogP contribution in [0.1, 0.15) is 12.5 Å². The van der Waals surface area contributed by atoms with E-state index in [1.807, 2.05) is 0 Å². The Morgan fingerprint density at radius 1 is 1.41 bits per heavy atom. The number of nitrogens with one attached hydrogen (secondary N) is 1. The molecule has 7 heteroatoms. The second-order valence-electron chi connectivity index (χ2n) is 3.94. The predicted molar refractivity (Wildman–Crippen MR) is 55.4 cm³/mol. The fraction of sp³-hybridized carbons (Fsp3) is 0.500. The standard InChI is InChI=1S/C10H13F3N2O2/c1-9(17,6-16)5-15-8-4-7(2-3-14-8)10(11,12)13/h2-4,16-17H,5-6H2,1H3,(H,14,15). The molecule has 1 aromatic heterocycles. The van der Waals surface area contributed by atoms with Gasteiger partial charge < -0.3 is 15.5 Å². The van der Waals surface area contributed by atoms with Gasteiger partial charge in [0.1, 0.15) is 11.4 Å². The van der Waals surface area contributed by atoms with E-state index in [4.69, 9.17) is 5.11 Å². The lowest BCUT2D eigenvalue weighted by atomic mass is 10.1. The Morgan fingerprint density at radius 2 is 2.06 bits per heavy atom. The van der Waals surface area contributed by atoms with Gasteiger partial charge in [0.25, 0.3) is 0 Å². The van der Waals surface area contributed by atoms with Crippen LogP contribution < -0.4 is 5.32 Å². The number of anilines is 1. The van der Waals surface area contributed by atoms with E-state index in [1.54, 1.807) is 0 Å². The molecule has 0 fully saturated rings. The normalized spacial score (nSPS) is 15.4. The largest absolute Gasteiger partial charge is 0.416 e. The fourth-order valence-corrected chi connectivity index (χ4v) is 1.04. The molecule has 96 valence electrons. The van der Waals surface area contributed by atoms with Crippen molar-refractivity contribution in [2.24, 2.45) is 0 Å². The summed E-state index contributed by atoms with van der Waals surface area (Å²) in [6.07, 6.45) is -3.41. The summed E-state index contributed by atoms with van der Waals surface area (Å²) in [5.41, 5.74) is -2.23. The van der Waals surface area contributed by atoms with Gasteiger partial charge in [-0.2, -0.15) is 13.2 Å². The number of hydrogen-bond acceptors (Lipinski definition) is 4. The van der Waals surface area contributed by atoms with Gasteiger partial charge in [-0.25, -0.2) is 4.98 Å². The second-order valence-corrected chi connectivity index (χ2v) is 3.94. The van der Waals surface area contributed by atoms with Gasteiger partial charge in [-0.15, -0.1) is 0 Å². The van der Waals surface area contributed by atoms with Crippen molar-refractivity contribution in [2.75, 3.05) is 18.5 Å². The molecule has 1 aromatic rings. The molecule has 0 saturated carbocycles. The van der Waals surface area contributed by atoms with Crippen molar-refractivity contribution in [3.63, 3.8) is 0 Å². The van der Waals surface area contributed by atoms with Crippen molar-refractivity contribution in [3.05, 3.63) is 23.9 Å². The number of alkyl halides is 3. The van der Waals surface area contributed by atoms with E-state index in [1.165, 1.54) is 6.92 Å². The Balaban J connectivity index is 2.74. The van der Waals surface area contributed by atoms with E-state index >= 15 is 0 Å². The van der Waals surface area contributed by atoms with Gasteiger partial charge in [0.05, 0.1) is 12.2 Å². The Morgan fingerprint density at radius 3 is 2.59 bits per heavy atom. The van der Waals surface area contributed by atoms with Crippen LogP contribution in [-0.4, -0.2) is 33.9 Å². The Bertz CT molecular complexity index is 380. The molecular formula is C10H13F3N2O2. The third-order valence-corrected chi connectivity index (χ3v) is 2.08. The summed E-state index contributed by atoms with van der Waals surface area (Å²) < 4.78 is 37.1. The maximum atomic E-state index is 12.4. The molecule has 3 N–H and O–H groups in total. The molecule has 0 bridgehead atoms. The summed E-state index contributed by atoms with van der Waals surface area (Å²) in [6, 6.07) is 1.70. The van der Waals surface area contributed by atoms with Crippen molar-refractivity contribution in [3.8, 4) is 0 Å². The second kappa shape index (κ2) is 4.89. The number of aliphatic hydroxyl groups excluding tert-OH is 1. The number of hydrogen-bond donors (Lipinski definition) is 3. The molecule has 17 heavy (non-hydrogen) atoms. The summed E-state index contributed by atoms with van der Waals surface area (Å²) in [5, 5.41) is 20.7. The van der Waals surface area contributed by atoms with Crippen LogP contribution in [0, 0.1) is 0 Å². The van der Waals surface area contributed by atoms with Crippen LogP contribution in [0.5, 0.6) is 0 Å². The Labute approximate surface area is 96.1 Å². The van der Waals surface area contributed by atoms with E-state index in [-0.39, 0.29) is 12.4 Å². The van der Waals surface area contributed by atoms with Crippen LogP contribution in [0.3, 0.4) is 0 Å². The first kappa shape index (κ1) is 13.7. The minimum absolute atomic E-state index is 0.00597. The van der Waals surface area contributed by atoms with Crippen molar-refractivity contribution in [1.29, 1.82) is 0 Å². The number of halogens is 3. The molecule has 1 heterocycles. The first-order chi connectivity index (χ1) is 7.74. The summed E-state index contributed by atoms with van der Waals surface area (Å²) >= 11 is 0. The van der Waals surface area contributed by atoms with Crippen molar-refractivity contribution >= 4 is 5.82 Å². The zero-order chi connectivity index (χ0) is 13.1. The highest BCUT2D eigenvalue weighted by Gasteiger charge is 2.30. The highest BCUT2D eigenvalue weighted by atomic mass is 19.4. The molecule has 0 aliphatic rings. The molecule has 1 unspecified atom stereocenters. The zero-order valence-electron chi connectivity index (χ0n) is 9.12. The molecule has 1 rings (SSSR count). The summed E-state index contributed by atoms with van der Waals surface area (Å²) in [5.74, 6) is -0.00597. The van der Waals surface area contributed by atoms with Crippen LogP contribution in [0.2, 0.25) is 0 Å². The van der Waals surface area contributed by atoms with Gasteiger partial charge in [0.2, 0.25) is 0 Å². The fourth-order valence-electron chi connectivity index (χ4n) is 1.04. The number of aromatic nitrogens is 1. The number of rotatable bonds is 4. The third-order valence-electron chi connectivity index (χ3n) is 2.08. The van der Waals surface area contributed by atoms with Crippen molar-refractivity contribution in [2.45, 2.75) is 18.7 Å². The van der Waals surface area contributed by atoms with E-state index in [0.29, 0.717) is 0 Å². The lowest BCUT2D eigenvalue weighted by Crippen LogP contribution is -2.37. The molecule has 1 atom stereocenters. The lowest BCUT2D eigenvalue weighted by Gasteiger charge is -2.21. The summed E-state index contributed by atoms with van der Waals surface area (Å²) in [4.78, 5) is 3.69. The molecule has 0 spiro atoms. The van der Waals surface area contributed by atoms with E-state index in [0.717, 1.165) is 18.3 Å². The zero-order valence-corrected chi connectivity index (χ0v) is 9.12. The first-order valence-electron chi connectivity index (χ1n) is 4.85. The molecule has 0 aliphatic carbocycles. The van der Waals surface area contributed by atoms with Crippen molar-refractivity contribution < 1.29 is 23.4 Å². The number of aliphatic hydroxyl groups is 2. The van der Waals surface area contributed by atoms with Crippen LogP contribution in [0.4, 0.5) is 19.0 Å². The average molecular weight is 250 g/mol. The molecule has 0 radical (unpaired) electrons. The first-order valence-corrected chi connectivity index (χ1v) is 4.85. The van der Waals surface area contributed by atoms with E-state index in [9.17, 15) is 18.3 Å². The predicted octanol–water partition coefficient (Wildman–Crippen LogP) is 1.26. The maximum Gasteiger partial charge on any atom is 0.416 e. The monoisotopic (exact) mass is 250 g/mol. The summed E-state index contributed by atoms with van der Waals surface area (Å²) in [6.45, 7) is 0.754. The molecule has 0 saturated heterocycles. The number of pyridine rings is 1. The quantitative estimate of drug-likeness (QED) is 0.752.